The summed E-state index contributed by atoms with van der Waals surface area (Å²) in [6.07, 6.45) is 2.67. The van der Waals surface area contributed by atoms with Crippen LogP contribution < -0.4 is 10.6 Å². The van der Waals surface area contributed by atoms with Gasteiger partial charge in [-0.3, -0.25) is 4.99 Å². The highest BCUT2D eigenvalue weighted by Gasteiger charge is 2.16. The molecule has 0 aliphatic heterocycles. The number of benzene rings is 1. The Balaban J connectivity index is 0.00000338. The first-order valence-corrected chi connectivity index (χ1v) is 9.01. The van der Waals surface area contributed by atoms with Crippen molar-refractivity contribution in [3.63, 3.8) is 0 Å². The van der Waals surface area contributed by atoms with Crippen molar-refractivity contribution in [3.8, 4) is 0 Å². The first-order chi connectivity index (χ1) is 12.2. The zero-order valence-corrected chi connectivity index (χ0v) is 18.5. The molecular formula is C19H31IN6. The summed E-state index contributed by atoms with van der Waals surface area (Å²) in [4.78, 5) is 4.33. The lowest BCUT2D eigenvalue weighted by Crippen LogP contribution is -2.41. The molecule has 2 N–H and O–H groups in total. The quantitative estimate of drug-likeness (QED) is 0.354. The van der Waals surface area contributed by atoms with Gasteiger partial charge >= 0.3 is 0 Å². The van der Waals surface area contributed by atoms with Crippen LogP contribution in [0.1, 0.15) is 38.1 Å². The lowest BCUT2D eigenvalue weighted by molar-refractivity contribution is 0.487. The van der Waals surface area contributed by atoms with Gasteiger partial charge in [0.2, 0.25) is 0 Å². The van der Waals surface area contributed by atoms with Crippen molar-refractivity contribution < 1.29 is 0 Å². The second kappa shape index (κ2) is 11.9. The molecule has 26 heavy (non-hydrogen) atoms. The summed E-state index contributed by atoms with van der Waals surface area (Å²) in [5.41, 5.74) is 1.36. The molecule has 0 amide bonds. The van der Waals surface area contributed by atoms with Crippen LogP contribution in [-0.2, 0) is 13.0 Å². The minimum Gasteiger partial charge on any atom is -0.356 e. The molecule has 0 saturated heterocycles. The lowest BCUT2D eigenvalue weighted by Gasteiger charge is -2.23. The molecule has 1 atom stereocenters. The number of nitrogens with one attached hydrogen (secondary N) is 2. The molecule has 0 aliphatic carbocycles. The molecule has 7 heteroatoms. The minimum atomic E-state index is 0. The highest BCUT2D eigenvalue weighted by molar-refractivity contribution is 14.0. The Hall–Kier alpha value is -1.64. The maximum Gasteiger partial charge on any atom is 0.191 e. The monoisotopic (exact) mass is 470 g/mol. The van der Waals surface area contributed by atoms with Crippen molar-refractivity contribution in [1.29, 1.82) is 0 Å². The van der Waals surface area contributed by atoms with Gasteiger partial charge in [0.15, 0.2) is 5.96 Å². The maximum atomic E-state index is 4.33. The van der Waals surface area contributed by atoms with Crippen molar-refractivity contribution in [2.24, 2.45) is 10.9 Å². The standard InChI is InChI=1S/C19H30N6.HI/c1-5-18-24-23-14-25(18)12-11-21-19(20-4)22-13-17(15(2)3)16-9-7-6-8-10-16;/h6-10,14-15,17H,5,11-13H2,1-4H3,(H2,20,21,22);1H. The average Bonchev–Trinajstić information content (AvgIpc) is 3.08. The van der Waals surface area contributed by atoms with E-state index in [0.29, 0.717) is 11.8 Å². The number of hydrogen-bond donors (Lipinski definition) is 2. The number of aryl methyl sites for hydroxylation is 1. The Labute approximate surface area is 173 Å². The number of rotatable bonds is 8. The Kier molecular flexibility index (Phi) is 10.2. The number of aromatic nitrogens is 3. The highest BCUT2D eigenvalue weighted by Crippen LogP contribution is 2.23. The number of aliphatic imine (C=N–C) groups is 1. The van der Waals surface area contributed by atoms with E-state index in [0.717, 1.165) is 37.8 Å². The molecule has 0 aliphatic rings. The van der Waals surface area contributed by atoms with Crippen LogP contribution in [0.2, 0.25) is 0 Å². The maximum absolute atomic E-state index is 4.33. The van der Waals surface area contributed by atoms with E-state index in [1.807, 2.05) is 0 Å². The molecular weight excluding hydrogens is 439 g/mol. The van der Waals surface area contributed by atoms with Gasteiger partial charge < -0.3 is 15.2 Å². The summed E-state index contributed by atoms with van der Waals surface area (Å²) in [5, 5.41) is 14.9. The number of nitrogens with zero attached hydrogens (tertiary/aromatic N) is 4. The first kappa shape index (κ1) is 22.4. The zero-order chi connectivity index (χ0) is 18.1. The van der Waals surface area contributed by atoms with E-state index in [9.17, 15) is 0 Å². The summed E-state index contributed by atoms with van der Waals surface area (Å²) in [7, 11) is 1.80. The van der Waals surface area contributed by atoms with Crippen LogP contribution in [0.15, 0.2) is 41.7 Å². The Morgan fingerprint density at radius 3 is 2.54 bits per heavy atom. The molecule has 2 aromatic rings. The second-order valence-corrected chi connectivity index (χ2v) is 6.44. The van der Waals surface area contributed by atoms with Gasteiger partial charge in [0, 0.05) is 39.0 Å². The van der Waals surface area contributed by atoms with E-state index in [1.165, 1.54) is 5.56 Å². The molecule has 1 aromatic carbocycles. The molecule has 0 bridgehead atoms. The summed E-state index contributed by atoms with van der Waals surface area (Å²) in [6, 6.07) is 10.6. The van der Waals surface area contributed by atoms with Crippen molar-refractivity contribution in [2.45, 2.75) is 39.7 Å². The highest BCUT2D eigenvalue weighted by atomic mass is 127. The second-order valence-electron chi connectivity index (χ2n) is 6.44. The lowest BCUT2D eigenvalue weighted by atomic mass is 9.88. The average molecular weight is 470 g/mol. The van der Waals surface area contributed by atoms with Crippen LogP contribution in [0.5, 0.6) is 0 Å². The molecule has 144 valence electrons. The SMILES string of the molecule is CCc1nncn1CCNC(=NC)NCC(c1ccccc1)C(C)C.I. The minimum absolute atomic E-state index is 0. The summed E-state index contributed by atoms with van der Waals surface area (Å²) >= 11 is 0. The van der Waals surface area contributed by atoms with E-state index in [1.54, 1.807) is 13.4 Å². The summed E-state index contributed by atoms with van der Waals surface area (Å²) in [5.74, 6) is 2.84. The van der Waals surface area contributed by atoms with E-state index in [4.69, 9.17) is 0 Å². The van der Waals surface area contributed by atoms with Crippen molar-refractivity contribution in [2.75, 3.05) is 20.1 Å². The number of halogens is 1. The van der Waals surface area contributed by atoms with Gasteiger partial charge in [-0.1, -0.05) is 51.1 Å². The fourth-order valence-corrected chi connectivity index (χ4v) is 2.90. The van der Waals surface area contributed by atoms with Crippen molar-refractivity contribution >= 4 is 29.9 Å². The van der Waals surface area contributed by atoms with Crippen LogP contribution in [0.4, 0.5) is 0 Å². The van der Waals surface area contributed by atoms with Crippen LogP contribution in [-0.4, -0.2) is 40.9 Å². The van der Waals surface area contributed by atoms with Gasteiger partial charge in [-0.2, -0.15) is 0 Å². The van der Waals surface area contributed by atoms with E-state index >= 15 is 0 Å². The largest absolute Gasteiger partial charge is 0.356 e. The van der Waals surface area contributed by atoms with Gasteiger partial charge in [-0.25, -0.2) is 0 Å². The molecule has 1 heterocycles. The molecule has 1 unspecified atom stereocenters. The van der Waals surface area contributed by atoms with Gasteiger partial charge in [0.25, 0.3) is 0 Å². The molecule has 0 fully saturated rings. The molecule has 1 aromatic heterocycles. The van der Waals surface area contributed by atoms with Crippen molar-refractivity contribution in [1.82, 2.24) is 25.4 Å². The smallest absolute Gasteiger partial charge is 0.191 e. The van der Waals surface area contributed by atoms with Gasteiger partial charge in [0.1, 0.15) is 12.2 Å². The predicted octanol–water partition coefficient (Wildman–Crippen LogP) is 3.06. The van der Waals surface area contributed by atoms with Crippen LogP contribution in [0.3, 0.4) is 0 Å². The van der Waals surface area contributed by atoms with E-state index in [-0.39, 0.29) is 24.0 Å². The van der Waals surface area contributed by atoms with Crippen LogP contribution >= 0.6 is 24.0 Å². The van der Waals surface area contributed by atoms with Gasteiger partial charge in [-0.15, -0.1) is 34.2 Å². The van der Waals surface area contributed by atoms with Gasteiger partial charge in [0.05, 0.1) is 0 Å². The summed E-state index contributed by atoms with van der Waals surface area (Å²) < 4.78 is 2.07. The molecule has 0 saturated carbocycles. The topological polar surface area (TPSA) is 67.1 Å². The van der Waals surface area contributed by atoms with Gasteiger partial charge in [-0.05, 0) is 11.5 Å². The molecule has 0 spiro atoms. The fourth-order valence-electron chi connectivity index (χ4n) is 2.90. The number of hydrogen-bond acceptors (Lipinski definition) is 3. The third-order valence-corrected chi connectivity index (χ3v) is 4.40. The van der Waals surface area contributed by atoms with E-state index < -0.39 is 0 Å². The Morgan fingerprint density at radius 1 is 1.19 bits per heavy atom. The van der Waals surface area contributed by atoms with Crippen LogP contribution in [0.25, 0.3) is 0 Å². The molecule has 2 rings (SSSR count). The molecule has 6 nitrogen and oxygen atoms in total. The van der Waals surface area contributed by atoms with E-state index in [2.05, 4.69) is 81.5 Å². The third kappa shape index (κ3) is 6.59. The number of guanidine groups is 1. The predicted molar refractivity (Wildman–Crippen MR) is 118 cm³/mol. The third-order valence-electron chi connectivity index (χ3n) is 4.40. The normalized spacial score (nSPS) is 12.6. The Bertz CT molecular complexity index is 653. The summed E-state index contributed by atoms with van der Waals surface area (Å²) in [6.45, 7) is 9.06. The van der Waals surface area contributed by atoms with Crippen molar-refractivity contribution in [3.05, 3.63) is 48.0 Å². The Morgan fingerprint density at radius 2 is 1.92 bits per heavy atom. The first-order valence-electron chi connectivity index (χ1n) is 9.01. The molecule has 0 radical (unpaired) electrons. The zero-order valence-electron chi connectivity index (χ0n) is 16.1. The van der Waals surface area contributed by atoms with Crippen LogP contribution in [0, 0.1) is 5.92 Å². The fraction of sp³-hybridized carbons (Fsp3) is 0.526.